The summed E-state index contributed by atoms with van der Waals surface area (Å²) in [4.78, 5) is 28.8. The predicted octanol–water partition coefficient (Wildman–Crippen LogP) is 6.69. The van der Waals surface area contributed by atoms with Gasteiger partial charge in [0.1, 0.15) is 12.4 Å². The summed E-state index contributed by atoms with van der Waals surface area (Å²) in [5.41, 5.74) is 7.57. The number of hydrogen-bond donors (Lipinski definition) is 0. The van der Waals surface area contributed by atoms with E-state index < -0.39 is 0 Å². The van der Waals surface area contributed by atoms with E-state index in [1.54, 1.807) is 7.11 Å². The zero-order chi connectivity index (χ0) is 25.7. The molecule has 3 aliphatic rings. The van der Waals surface area contributed by atoms with E-state index in [2.05, 4.69) is 36.4 Å². The van der Waals surface area contributed by atoms with Crippen molar-refractivity contribution in [2.45, 2.75) is 57.5 Å². The van der Waals surface area contributed by atoms with Crippen molar-refractivity contribution in [2.75, 3.05) is 13.7 Å². The molecule has 1 amide bonds. The molecule has 2 heterocycles. The minimum absolute atomic E-state index is 0.0504. The summed E-state index contributed by atoms with van der Waals surface area (Å²) in [7, 11) is 1.65. The van der Waals surface area contributed by atoms with Crippen LogP contribution in [-0.4, -0.2) is 42.6 Å². The van der Waals surface area contributed by atoms with E-state index in [1.807, 2.05) is 43.0 Å². The van der Waals surface area contributed by atoms with Gasteiger partial charge in [-0.2, -0.15) is 0 Å². The molecular formula is C32H33NO4. The Balaban J connectivity index is 1.15. The van der Waals surface area contributed by atoms with Crippen LogP contribution in [0.3, 0.4) is 0 Å². The average Bonchev–Trinajstić information content (AvgIpc) is 3.38. The Morgan fingerprint density at radius 2 is 1.46 bits per heavy atom. The Hall–Kier alpha value is -3.60. The van der Waals surface area contributed by atoms with Gasteiger partial charge in [0, 0.05) is 29.5 Å². The first-order chi connectivity index (χ1) is 18.0. The van der Waals surface area contributed by atoms with Crippen molar-refractivity contribution in [2.24, 2.45) is 5.92 Å². The lowest BCUT2D eigenvalue weighted by Gasteiger charge is -2.38. The summed E-state index contributed by atoms with van der Waals surface area (Å²) in [6.07, 6.45) is 3.02. The fourth-order valence-corrected chi connectivity index (χ4v) is 6.85. The third-order valence-electron chi connectivity index (χ3n) is 8.66. The van der Waals surface area contributed by atoms with Gasteiger partial charge in [-0.05, 0) is 85.0 Å². The highest BCUT2D eigenvalue weighted by molar-refractivity contribution is 5.99. The molecule has 0 aromatic heterocycles. The maximum atomic E-state index is 13.5. The van der Waals surface area contributed by atoms with Crippen LogP contribution in [0.25, 0.3) is 11.1 Å². The van der Waals surface area contributed by atoms with E-state index in [9.17, 15) is 9.59 Å². The third kappa shape index (κ3) is 4.01. The molecule has 2 fully saturated rings. The summed E-state index contributed by atoms with van der Waals surface area (Å²) < 4.78 is 11.4. The van der Waals surface area contributed by atoms with Gasteiger partial charge in [-0.25, -0.2) is 4.79 Å². The summed E-state index contributed by atoms with van der Waals surface area (Å²) >= 11 is 0. The molecule has 6 rings (SSSR count). The van der Waals surface area contributed by atoms with Crippen molar-refractivity contribution < 1.29 is 19.1 Å². The minimum atomic E-state index is -0.239. The molecule has 2 aliphatic heterocycles. The second kappa shape index (κ2) is 9.37. The van der Waals surface area contributed by atoms with Crippen molar-refractivity contribution in [3.63, 3.8) is 0 Å². The van der Waals surface area contributed by atoms with Crippen LogP contribution in [0.5, 0.6) is 5.75 Å². The van der Waals surface area contributed by atoms with E-state index in [-0.39, 0.29) is 35.8 Å². The van der Waals surface area contributed by atoms with Gasteiger partial charge in [0.15, 0.2) is 5.78 Å². The second-order valence-corrected chi connectivity index (χ2v) is 10.8. The maximum Gasteiger partial charge on any atom is 0.410 e. The zero-order valence-corrected chi connectivity index (χ0v) is 21.7. The second-order valence-electron chi connectivity index (χ2n) is 10.8. The van der Waals surface area contributed by atoms with Gasteiger partial charge in [0.05, 0.1) is 7.11 Å². The number of ether oxygens (including phenoxy) is 2. The number of amides is 1. The van der Waals surface area contributed by atoms with Gasteiger partial charge >= 0.3 is 6.09 Å². The molecule has 190 valence electrons. The number of rotatable bonds is 5. The highest BCUT2D eigenvalue weighted by atomic mass is 16.6. The molecule has 2 unspecified atom stereocenters. The highest BCUT2D eigenvalue weighted by Gasteiger charge is 2.46. The Labute approximate surface area is 218 Å². The number of fused-ring (bicyclic) bond motifs is 5. The van der Waals surface area contributed by atoms with E-state index in [4.69, 9.17) is 9.47 Å². The number of hydrogen-bond acceptors (Lipinski definition) is 4. The van der Waals surface area contributed by atoms with Gasteiger partial charge in [-0.15, -0.1) is 0 Å². The van der Waals surface area contributed by atoms with Crippen LogP contribution in [0.15, 0.2) is 60.7 Å². The van der Waals surface area contributed by atoms with Gasteiger partial charge in [-0.1, -0.05) is 48.5 Å². The van der Waals surface area contributed by atoms with Crippen molar-refractivity contribution in [3.05, 3.63) is 88.5 Å². The van der Waals surface area contributed by atoms with Crippen LogP contribution in [0.4, 0.5) is 4.79 Å². The zero-order valence-electron chi connectivity index (χ0n) is 21.7. The Kier molecular flexibility index (Phi) is 6.02. The average molecular weight is 496 g/mol. The molecule has 0 radical (unpaired) electrons. The molecule has 5 heteroatoms. The minimum Gasteiger partial charge on any atom is -0.496 e. The van der Waals surface area contributed by atoms with Crippen molar-refractivity contribution in [3.8, 4) is 16.9 Å². The van der Waals surface area contributed by atoms with Gasteiger partial charge in [-0.3, -0.25) is 4.79 Å². The molecule has 0 spiro atoms. The van der Waals surface area contributed by atoms with Gasteiger partial charge in [0.25, 0.3) is 0 Å². The van der Waals surface area contributed by atoms with E-state index in [1.165, 1.54) is 22.3 Å². The van der Waals surface area contributed by atoms with Crippen LogP contribution in [0, 0.1) is 19.8 Å². The van der Waals surface area contributed by atoms with Gasteiger partial charge < -0.3 is 14.4 Å². The summed E-state index contributed by atoms with van der Waals surface area (Å²) in [6.45, 7) is 4.27. The monoisotopic (exact) mass is 495 g/mol. The quantitative estimate of drug-likeness (QED) is 0.370. The number of Topliss-reactive ketones (excluding diaryl/α,β-unsaturated/α-hetero) is 1. The summed E-state index contributed by atoms with van der Waals surface area (Å²) in [5.74, 6) is 0.975. The van der Waals surface area contributed by atoms with Crippen molar-refractivity contribution in [1.82, 2.24) is 4.90 Å². The van der Waals surface area contributed by atoms with Crippen LogP contribution >= 0.6 is 0 Å². The lowest BCUT2D eigenvalue weighted by molar-refractivity contribution is 0.0505. The molecule has 0 saturated carbocycles. The SMILES string of the molecule is COc1cc(C)c(C(=O)C2CC3CCC(C2)N3C(=O)OCC2c3ccccc3-c3ccccc32)cc1C. The lowest BCUT2D eigenvalue weighted by Crippen LogP contribution is -2.48. The summed E-state index contributed by atoms with van der Waals surface area (Å²) in [5, 5.41) is 0. The number of carbonyl (C=O) groups excluding carboxylic acids is 2. The number of carbonyl (C=O) groups is 2. The largest absolute Gasteiger partial charge is 0.496 e. The van der Waals surface area contributed by atoms with Crippen LogP contribution in [-0.2, 0) is 4.74 Å². The molecular weight excluding hydrogens is 462 g/mol. The van der Waals surface area contributed by atoms with Gasteiger partial charge in [0.2, 0.25) is 0 Å². The van der Waals surface area contributed by atoms with E-state index >= 15 is 0 Å². The molecule has 1 aliphatic carbocycles. The Bertz CT molecular complexity index is 1320. The lowest BCUT2D eigenvalue weighted by atomic mass is 9.83. The molecule has 2 bridgehead atoms. The molecule has 3 aromatic rings. The highest BCUT2D eigenvalue weighted by Crippen LogP contribution is 2.45. The number of aryl methyl sites for hydroxylation is 2. The maximum absolute atomic E-state index is 13.5. The molecule has 3 aromatic carbocycles. The fraction of sp³-hybridized carbons (Fsp3) is 0.375. The molecule has 5 nitrogen and oxygen atoms in total. The first kappa shape index (κ1) is 23.8. The first-order valence-corrected chi connectivity index (χ1v) is 13.3. The number of ketones is 1. The van der Waals surface area contributed by atoms with Crippen LogP contribution < -0.4 is 4.74 Å². The fourth-order valence-electron chi connectivity index (χ4n) is 6.85. The molecule has 2 saturated heterocycles. The van der Waals surface area contributed by atoms with E-state index in [0.29, 0.717) is 19.4 Å². The standard InChI is InChI=1S/C32H33NO4/c1-19-15-30(36-3)20(2)14-28(19)31(34)21-16-22-12-13-23(17-21)33(22)32(35)37-18-29-26-10-6-4-8-24(26)25-9-5-7-11-27(25)29/h4-11,14-15,21-23,29H,12-13,16-18H2,1-3H3. The molecule has 37 heavy (non-hydrogen) atoms. The number of benzene rings is 3. The topological polar surface area (TPSA) is 55.8 Å². The summed E-state index contributed by atoms with van der Waals surface area (Å²) in [6, 6.07) is 20.8. The number of methoxy groups -OCH3 is 1. The number of piperidine rings is 1. The van der Waals surface area contributed by atoms with E-state index in [0.717, 1.165) is 35.3 Å². The smallest absolute Gasteiger partial charge is 0.410 e. The normalized spacial score (nSPS) is 21.9. The third-order valence-corrected chi connectivity index (χ3v) is 8.66. The predicted molar refractivity (Wildman–Crippen MR) is 143 cm³/mol. The van der Waals surface area contributed by atoms with Crippen molar-refractivity contribution >= 4 is 11.9 Å². The number of nitrogens with zero attached hydrogens (tertiary/aromatic N) is 1. The molecule has 0 N–H and O–H groups in total. The van der Waals surface area contributed by atoms with Crippen LogP contribution in [0.1, 0.15) is 64.2 Å². The van der Waals surface area contributed by atoms with Crippen LogP contribution in [0.2, 0.25) is 0 Å². The Morgan fingerprint density at radius 1 is 0.865 bits per heavy atom. The molecule has 2 atom stereocenters. The first-order valence-electron chi connectivity index (χ1n) is 13.3. The van der Waals surface area contributed by atoms with Crippen molar-refractivity contribution in [1.29, 1.82) is 0 Å². The Morgan fingerprint density at radius 3 is 2.05 bits per heavy atom.